The molecule has 3 nitrogen and oxygen atoms in total. The third-order valence-corrected chi connectivity index (χ3v) is 2.93. The second-order valence-electron chi connectivity index (χ2n) is 4.55. The quantitative estimate of drug-likeness (QED) is 0.496. The van der Waals surface area contributed by atoms with Gasteiger partial charge in [0.1, 0.15) is 5.69 Å². The number of hydrogen-bond acceptors (Lipinski definition) is 2. The Morgan fingerprint density at radius 2 is 2.05 bits per heavy atom. The summed E-state index contributed by atoms with van der Waals surface area (Å²) in [6, 6.07) is 0. The fraction of sp³-hybridized carbons (Fsp3) is 0.538. The van der Waals surface area contributed by atoms with Gasteiger partial charge >= 0.3 is 6.18 Å². The minimum Gasteiger partial charge on any atom is -0.337 e. The fourth-order valence-electron chi connectivity index (χ4n) is 1.77. The standard InChI is InChI=1S/C13H18F3N3/c1-9(13(14,15)16)6-4-5-7-11-12(10(2)17)18-8-19(11)3/h6,8,17H,4-5,7H2,1-3H3/b9-6-,17-10?. The first-order valence-electron chi connectivity index (χ1n) is 6.03. The molecule has 0 atom stereocenters. The van der Waals surface area contributed by atoms with Gasteiger partial charge in [0.2, 0.25) is 0 Å². The second-order valence-corrected chi connectivity index (χ2v) is 4.55. The third-order valence-electron chi connectivity index (χ3n) is 2.93. The number of alkyl halides is 3. The highest BCUT2D eigenvalue weighted by Gasteiger charge is 2.29. The number of halogens is 3. The molecule has 0 bridgehead atoms. The maximum absolute atomic E-state index is 12.3. The number of hydrogen-bond donors (Lipinski definition) is 1. The summed E-state index contributed by atoms with van der Waals surface area (Å²) in [5, 5.41) is 7.58. The number of rotatable bonds is 5. The van der Waals surface area contributed by atoms with E-state index >= 15 is 0 Å². The zero-order valence-corrected chi connectivity index (χ0v) is 11.3. The molecule has 0 unspecified atom stereocenters. The van der Waals surface area contributed by atoms with Gasteiger partial charge in [-0.15, -0.1) is 0 Å². The van der Waals surface area contributed by atoms with Gasteiger partial charge in [-0.1, -0.05) is 6.08 Å². The average Bonchev–Trinajstić information content (AvgIpc) is 2.64. The van der Waals surface area contributed by atoms with Crippen molar-refractivity contribution in [1.29, 1.82) is 5.41 Å². The number of aromatic nitrogens is 2. The first-order chi connectivity index (χ1) is 8.73. The van der Waals surface area contributed by atoms with Crippen molar-refractivity contribution in [2.24, 2.45) is 7.05 Å². The lowest BCUT2D eigenvalue weighted by Crippen LogP contribution is -2.08. The van der Waals surface area contributed by atoms with E-state index in [9.17, 15) is 13.2 Å². The van der Waals surface area contributed by atoms with Gasteiger partial charge in [-0.05, 0) is 33.1 Å². The summed E-state index contributed by atoms with van der Waals surface area (Å²) in [6.45, 7) is 2.73. The normalized spacial score (nSPS) is 12.8. The molecule has 0 aromatic carbocycles. The van der Waals surface area contributed by atoms with Crippen LogP contribution in [0.3, 0.4) is 0 Å². The Morgan fingerprint density at radius 3 is 2.58 bits per heavy atom. The van der Waals surface area contributed by atoms with Crippen LogP contribution < -0.4 is 0 Å². The Balaban J connectivity index is 2.60. The van der Waals surface area contributed by atoms with Crippen LogP contribution in [0.4, 0.5) is 13.2 Å². The van der Waals surface area contributed by atoms with Crippen molar-refractivity contribution in [2.75, 3.05) is 0 Å². The highest BCUT2D eigenvalue weighted by Crippen LogP contribution is 2.25. The van der Waals surface area contributed by atoms with E-state index in [4.69, 9.17) is 5.41 Å². The van der Waals surface area contributed by atoms with E-state index in [1.165, 1.54) is 6.08 Å². The van der Waals surface area contributed by atoms with Gasteiger partial charge in [-0.2, -0.15) is 13.2 Å². The summed E-state index contributed by atoms with van der Waals surface area (Å²) in [7, 11) is 1.82. The van der Waals surface area contributed by atoms with Crippen LogP contribution >= 0.6 is 0 Å². The zero-order valence-electron chi connectivity index (χ0n) is 11.3. The van der Waals surface area contributed by atoms with Crippen molar-refractivity contribution in [2.45, 2.75) is 39.3 Å². The average molecular weight is 273 g/mol. The monoisotopic (exact) mass is 273 g/mol. The predicted molar refractivity (Wildman–Crippen MR) is 68.5 cm³/mol. The molecule has 106 valence electrons. The number of nitrogens with zero attached hydrogens (tertiary/aromatic N) is 2. The van der Waals surface area contributed by atoms with E-state index in [0.717, 1.165) is 12.6 Å². The lowest BCUT2D eigenvalue weighted by Gasteiger charge is -2.07. The first kappa shape index (κ1) is 15.5. The molecule has 1 aromatic heterocycles. The molecule has 0 saturated heterocycles. The van der Waals surface area contributed by atoms with E-state index in [1.807, 2.05) is 11.6 Å². The SMILES string of the molecule is CC(=N)c1ncn(C)c1CCC/C=C(/C)C(F)(F)F. The minimum atomic E-state index is -4.23. The topological polar surface area (TPSA) is 41.7 Å². The Morgan fingerprint density at radius 1 is 1.42 bits per heavy atom. The molecule has 0 aliphatic heterocycles. The molecular formula is C13H18F3N3. The van der Waals surface area contributed by atoms with Crippen LogP contribution in [0.5, 0.6) is 0 Å². The number of aryl methyl sites for hydroxylation is 1. The van der Waals surface area contributed by atoms with E-state index in [1.54, 1.807) is 13.3 Å². The summed E-state index contributed by atoms with van der Waals surface area (Å²) in [5.74, 6) is 0. The van der Waals surface area contributed by atoms with Crippen LogP contribution in [0.15, 0.2) is 18.0 Å². The number of unbranched alkanes of at least 4 members (excludes halogenated alkanes) is 1. The van der Waals surface area contributed by atoms with Crippen molar-refractivity contribution >= 4 is 5.71 Å². The maximum Gasteiger partial charge on any atom is 0.412 e. The Hall–Kier alpha value is -1.59. The van der Waals surface area contributed by atoms with Crippen LogP contribution in [-0.4, -0.2) is 21.4 Å². The Bertz CT molecular complexity index is 484. The smallest absolute Gasteiger partial charge is 0.337 e. The summed E-state index contributed by atoms with van der Waals surface area (Å²) >= 11 is 0. The van der Waals surface area contributed by atoms with Gasteiger partial charge in [0.25, 0.3) is 0 Å². The van der Waals surface area contributed by atoms with E-state index < -0.39 is 11.7 Å². The first-order valence-corrected chi connectivity index (χ1v) is 6.03. The Kier molecular flexibility index (Phi) is 4.91. The molecule has 0 fully saturated rings. The second kappa shape index (κ2) is 6.04. The molecule has 1 aromatic rings. The highest BCUT2D eigenvalue weighted by molar-refractivity contribution is 5.95. The maximum atomic E-state index is 12.3. The van der Waals surface area contributed by atoms with E-state index in [0.29, 0.717) is 30.7 Å². The zero-order chi connectivity index (χ0) is 14.6. The molecule has 1 heterocycles. The van der Waals surface area contributed by atoms with Crippen molar-refractivity contribution in [3.8, 4) is 0 Å². The van der Waals surface area contributed by atoms with Crippen LogP contribution in [-0.2, 0) is 13.5 Å². The summed E-state index contributed by atoms with van der Waals surface area (Å²) in [6.07, 6.45) is 0.194. The fourth-order valence-corrected chi connectivity index (χ4v) is 1.77. The lowest BCUT2D eigenvalue weighted by atomic mass is 10.1. The Labute approximate surface area is 110 Å². The molecule has 0 radical (unpaired) electrons. The highest BCUT2D eigenvalue weighted by atomic mass is 19.4. The van der Waals surface area contributed by atoms with Gasteiger partial charge in [-0.25, -0.2) is 4.98 Å². The lowest BCUT2D eigenvalue weighted by molar-refractivity contribution is -0.0915. The van der Waals surface area contributed by atoms with E-state index in [2.05, 4.69) is 4.98 Å². The number of nitrogens with one attached hydrogen (secondary N) is 1. The molecule has 0 amide bonds. The van der Waals surface area contributed by atoms with Gasteiger partial charge < -0.3 is 9.98 Å². The predicted octanol–water partition coefficient (Wildman–Crippen LogP) is 3.64. The largest absolute Gasteiger partial charge is 0.412 e. The van der Waals surface area contributed by atoms with Crippen molar-refractivity contribution < 1.29 is 13.2 Å². The van der Waals surface area contributed by atoms with Crippen LogP contribution in [0, 0.1) is 5.41 Å². The third kappa shape index (κ3) is 4.22. The van der Waals surface area contributed by atoms with Gasteiger partial charge in [0, 0.05) is 18.3 Å². The van der Waals surface area contributed by atoms with Crippen LogP contribution in [0.1, 0.15) is 38.1 Å². The molecule has 0 saturated carbocycles. The van der Waals surface area contributed by atoms with Gasteiger partial charge in [0.15, 0.2) is 0 Å². The van der Waals surface area contributed by atoms with Crippen molar-refractivity contribution in [3.63, 3.8) is 0 Å². The van der Waals surface area contributed by atoms with Crippen LogP contribution in [0.2, 0.25) is 0 Å². The molecule has 1 rings (SSSR count). The van der Waals surface area contributed by atoms with Crippen LogP contribution in [0.25, 0.3) is 0 Å². The van der Waals surface area contributed by atoms with Crippen molar-refractivity contribution in [1.82, 2.24) is 9.55 Å². The van der Waals surface area contributed by atoms with E-state index in [-0.39, 0.29) is 0 Å². The van der Waals surface area contributed by atoms with Gasteiger partial charge in [-0.3, -0.25) is 0 Å². The number of allylic oxidation sites excluding steroid dienone is 2. The molecular weight excluding hydrogens is 255 g/mol. The molecule has 0 aliphatic carbocycles. The summed E-state index contributed by atoms with van der Waals surface area (Å²) in [4.78, 5) is 4.11. The van der Waals surface area contributed by atoms with Crippen molar-refractivity contribution in [3.05, 3.63) is 29.4 Å². The molecule has 19 heavy (non-hydrogen) atoms. The molecule has 1 N–H and O–H groups in total. The summed E-state index contributed by atoms with van der Waals surface area (Å²) < 4.78 is 38.6. The molecule has 6 heteroatoms. The molecule has 0 aliphatic rings. The summed E-state index contributed by atoms with van der Waals surface area (Å²) in [5.41, 5.74) is 1.34. The van der Waals surface area contributed by atoms with Gasteiger partial charge in [0.05, 0.1) is 12.0 Å². The number of imidazole rings is 1. The molecule has 0 spiro atoms. The minimum absolute atomic E-state index is 0.368.